The summed E-state index contributed by atoms with van der Waals surface area (Å²) in [5.74, 6) is 3.81. The molecule has 0 aromatic heterocycles. The van der Waals surface area contributed by atoms with E-state index in [4.69, 9.17) is 0 Å². The fourth-order valence-electron chi connectivity index (χ4n) is 3.37. The lowest BCUT2D eigenvalue weighted by Gasteiger charge is -2.31. The van der Waals surface area contributed by atoms with Gasteiger partial charge in [0.2, 0.25) is 0 Å². The molecule has 0 saturated heterocycles. The van der Waals surface area contributed by atoms with Crippen molar-refractivity contribution in [3.63, 3.8) is 0 Å². The maximum atomic E-state index is 2.45. The molecule has 0 aromatic carbocycles. The highest BCUT2D eigenvalue weighted by Crippen LogP contribution is 2.33. The molecule has 0 heteroatoms. The van der Waals surface area contributed by atoms with Gasteiger partial charge in [0.05, 0.1) is 0 Å². The standard InChI is InChI=1S/C17H36/c1-7-14(6)17(11-5)16(10-4)13-12-15(8-2)9-3/h14-17H,7-13H2,1-6H3. The van der Waals surface area contributed by atoms with Crippen LogP contribution >= 0.6 is 0 Å². The molecule has 0 bridgehead atoms. The van der Waals surface area contributed by atoms with Crippen LogP contribution in [-0.4, -0.2) is 0 Å². The molecule has 0 N–H and O–H groups in total. The van der Waals surface area contributed by atoms with E-state index >= 15 is 0 Å². The van der Waals surface area contributed by atoms with Crippen molar-refractivity contribution >= 4 is 0 Å². The van der Waals surface area contributed by atoms with Crippen LogP contribution in [0, 0.1) is 23.7 Å². The van der Waals surface area contributed by atoms with E-state index in [1.54, 1.807) is 0 Å². The molecule has 0 aliphatic rings. The van der Waals surface area contributed by atoms with Crippen LogP contribution < -0.4 is 0 Å². The van der Waals surface area contributed by atoms with Gasteiger partial charge >= 0.3 is 0 Å². The molecule has 0 aliphatic heterocycles. The van der Waals surface area contributed by atoms with Crippen molar-refractivity contribution in [2.45, 2.75) is 86.5 Å². The fourth-order valence-corrected chi connectivity index (χ4v) is 3.37. The predicted molar refractivity (Wildman–Crippen MR) is 80.3 cm³/mol. The largest absolute Gasteiger partial charge is 0.0651 e. The summed E-state index contributed by atoms with van der Waals surface area (Å²) in [5, 5.41) is 0. The van der Waals surface area contributed by atoms with Gasteiger partial charge in [0.15, 0.2) is 0 Å². The third-order valence-corrected chi connectivity index (χ3v) is 5.08. The average Bonchev–Trinajstić information content (AvgIpc) is 2.37. The third kappa shape index (κ3) is 5.93. The number of hydrogen-bond acceptors (Lipinski definition) is 0. The number of rotatable bonds is 10. The van der Waals surface area contributed by atoms with E-state index in [9.17, 15) is 0 Å². The van der Waals surface area contributed by atoms with Gasteiger partial charge in [-0.25, -0.2) is 0 Å². The maximum absolute atomic E-state index is 2.45. The molecule has 0 heterocycles. The quantitative estimate of drug-likeness (QED) is 0.420. The molecule has 0 saturated carbocycles. The Balaban J connectivity index is 4.28. The summed E-state index contributed by atoms with van der Waals surface area (Å²) in [4.78, 5) is 0. The lowest BCUT2D eigenvalue weighted by atomic mass is 9.75. The Bertz CT molecular complexity index is 157. The second-order valence-corrected chi connectivity index (χ2v) is 5.89. The minimum atomic E-state index is 0.909. The second-order valence-electron chi connectivity index (χ2n) is 5.89. The summed E-state index contributed by atoms with van der Waals surface area (Å²) in [6.07, 6.45) is 9.75. The second kappa shape index (κ2) is 9.97. The summed E-state index contributed by atoms with van der Waals surface area (Å²) in [6, 6.07) is 0. The van der Waals surface area contributed by atoms with Gasteiger partial charge in [0.25, 0.3) is 0 Å². The molecule has 0 spiro atoms. The van der Waals surface area contributed by atoms with Gasteiger partial charge in [0, 0.05) is 0 Å². The van der Waals surface area contributed by atoms with E-state index < -0.39 is 0 Å². The molecular formula is C17H36. The summed E-state index contributed by atoms with van der Waals surface area (Å²) in [5.41, 5.74) is 0. The van der Waals surface area contributed by atoms with Crippen molar-refractivity contribution in [3.8, 4) is 0 Å². The Labute approximate surface area is 111 Å². The summed E-state index contributed by atoms with van der Waals surface area (Å²) < 4.78 is 0. The van der Waals surface area contributed by atoms with Crippen molar-refractivity contribution in [2.24, 2.45) is 23.7 Å². The zero-order valence-electron chi connectivity index (χ0n) is 13.3. The van der Waals surface area contributed by atoms with Crippen molar-refractivity contribution in [3.05, 3.63) is 0 Å². The number of hydrogen-bond donors (Lipinski definition) is 0. The minimum absolute atomic E-state index is 0.909. The van der Waals surface area contributed by atoms with Gasteiger partial charge in [-0.05, 0) is 30.1 Å². The molecular weight excluding hydrogens is 204 g/mol. The van der Waals surface area contributed by atoms with E-state index in [1.165, 1.54) is 44.9 Å². The minimum Gasteiger partial charge on any atom is -0.0651 e. The molecule has 17 heavy (non-hydrogen) atoms. The first kappa shape index (κ1) is 17.0. The van der Waals surface area contributed by atoms with Crippen molar-refractivity contribution in [1.29, 1.82) is 0 Å². The molecule has 0 nitrogen and oxygen atoms in total. The van der Waals surface area contributed by atoms with Crippen LogP contribution in [-0.2, 0) is 0 Å². The summed E-state index contributed by atoms with van der Waals surface area (Å²) in [7, 11) is 0. The van der Waals surface area contributed by atoms with Crippen LogP contribution in [0.3, 0.4) is 0 Å². The molecule has 104 valence electrons. The fraction of sp³-hybridized carbons (Fsp3) is 1.00. The Kier molecular flexibility index (Phi) is 9.97. The maximum Gasteiger partial charge on any atom is -0.0363 e. The smallest absolute Gasteiger partial charge is 0.0363 e. The molecule has 3 atom stereocenters. The third-order valence-electron chi connectivity index (χ3n) is 5.08. The van der Waals surface area contributed by atoms with Crippen LogP contribution in [0.25, 0.3) is 0 Å². The van der Waals surface area contributed by atoms with Gasteiger partial charge in [-0.2, -0.15) is 0 Å². The highest BCUT2D eigenvalue weighted by atomic mass is 14.3. The summed E-state index contributed by atoms with van der Waals surface area (Å²) in [6.45, 7) is 14.3. The predicted octanol–water partition coefficient (Wildman–Crippen LogP) is 6.30. The zero-order valence-corrected chi connectivity index (χ0v) is 13.3. The van der Waals surface area contributed by atoms with Gasteiger partial charge in [-0.1, -0.05) is 80.1 Å². The molecule has 0 fully saturated rings. The molecule has 0 rings (SSSR count). The average molecular weight is 240 g/mol. The molecule has 0 aliphatic carbocycles. The van der Waals surface area contributed by atoms with Crippen LogP contribution in [0.4, 0.5) is 0 Å². The highest BCUT2D eigenvalue weighted by molar-refractivity contribution is 4.73. The van der Waals surface area contributed by atoms with Crippen LogP contribution in [0.2, 0.25) is 0 Å². The van der Waals surface area contributed by atoms with Crippen molar-refractivity contribution in [1.82, 2.24) is 0 Å². The van der Waals surface area contributed by atoms with E-state index in [0.29, 0.717) is 0 Å². The van der Waals surface area contributed by atoms with Crippen LogP contribution in [0.15, 0.2) is 0 Å². The highest BCUT2D eigenvalue weighted by Gasteiger charge is 2.23. The molecule has 0 aromatic rings. The van der Waals surface area contributed by atoms with Gasteiger partial charge in [-0.3, -0.25) is 0 Å². The van der Waals surface area contributed by atoms with Crippen LogP contribution in [0.1, 0.15) is 86.5 Å². The Morgan fingerprint density at radius 1 is 0.647 bits per heavy atom. The molecule has 3 unspecified atom stereocenters. The van der Waals surface area contributed by atoms with E-state index in [1.807, 2.05) is 0 Å². The monoisotopic (exact) mass is 240 g/mol. The van der Waals surface area contributed by atoms with Crippen molar-refractivity contribution in [2.75, 3.05) is 0 Å². The van der Waals surface area contributed by atoms with Gasteiger partial charge < -0.3 is 0 Å². The summed E-state index contributed by atoms with van der Waals surface area (Å²) >= 11 is 0. The lowest BCUT2D eigenvalue weighted by molar-refractivity contribution is 0.196. The van der Waals surface area contributed by atoms with Gasteiger partial charge in [0.1, 0.15) is 0 Å². The Hall–Kier alpha value is 0. The topological polar surface area (TPSA) is 0 Å². The normalized spacial score (nSPS) is 17.1. The Morgan fingerprint density at radius 2 is 1.24 bits per heavy atom. The lowest BCUT2D eigenvalue weighted by Crippen LogP contribution is -2.21. The molecule has 0 radical (unpaired) electrons. The van der Waals surface area contributed by atoms with Crippen molar-refractivity contribution < 1.29 is 0 Å². The van der Waals surface area contributed by atoms with E-state index in [2.05, 4.69) is 41.5 Å². The molecule has 0 amide bonds. The first-order valence-corrected chi connectivity index (χ1v) is 8.14. The van der Waals surface area contributed by atoms with E-state index in [0.717, 1.165) is 23.7 Å². The van der Waals surface area contributed by atoms with Gasteiger partial charge in [-0.15, -0.1) is 0 Å². The van der Waals surface area contributed by atoms with E-state index in [-0.39, 0.29) is 0 Å². The first-order valence-electron chi connectivity index (χ1n) is 8.14. The Morgan fingerprint density at radius 3 is 1.59 bits per heavy atom. The SMILES string of the molecule is CCC(CC)CCC(CC)C(CC)C(C)CC. The van der Waals surface area contributed by atoms with Crippen LogP contribution in [0.5, 0.6) is 0 Å². The zero-order chi connectivity index (χ0) is 13.3. The first-order chi connectivity index (χ1) is 8.14.